The molecule has 1 aliphatic carbocycles. The largest absolute Gasteiger partial charge is 0.349 e. The van der Waals surface area contributed by atoms with Gasteiger partial charge in [0, 0.05) is 21.5 Å². The molecule has 18 heavy (non-hydrogen) atoms. The van der Waals surface area contributed by atoms with E-state index >= 15 is 0 Å². The summed E-state index contributed by atoms with van der Waals surface area (Å²) in [6, 6.07) is 5.43. The van der Waals surface area contributed by atoms with Gasteiger partial charge in [0.2, 0.25) is 0 Å². The minimum absolute atomic E-state index is 0.0506. The molecule has 0 atom stereocenters. The number of benzene rings is 1. The lowest BCUT2D eigenvalue weighted by Crippen LogP contribution is -2.37. The minimum atomic E-state index is -0.0506. The molecule has 1 N–H and O–H groups in total. The van der Waals surface area contributed by atoms with E-state index in [-0.39, 0.29) is 17.3 Å². The second kappa shape index (κ2) is 6.27. The molecule has 1 saturated carbocycles. The molecule has 0 bridgehead atoms. The Kier molecular flexibility index (Phi) is 4.93. The third-order valence-electron chi connectivity index (χ3n) is 3.17. The Hall–Kier alpha value is -0.250. The van der Waals surface area contributed by atoms with E-state index in [1.54, 1.807) is 18.2 Å². The van der Waals surface area contributed by atoms with Gasteiger partial charge in [-0.1, -0.05) is 11.6 Å². The molecule has 1 aromatic rings. The zero-order valence-corrected chi connectivity index (χ0v) is 12.9. The highest BCUT2D eigenvalue weighted by atomic mass is 79.9. The summed E-state index contributed by atoms with van der Waals surface area (Å²) in [4.78, 5) is 12.0. The van der Waals surface area contributed by atoms with E-state index in [1.165, 1.54) is 0 Å². The Morgan fingerprint density at radius 2 is 1.94 bits per heavy atom. The van der Waals surface area contributed by atoms with Crippen LogP contribution in [0.5, 0.6) is 0 Å². The van der Waals surface area contributed by atoms with E-state index in [1.807, 2.05) is 0 Å². The number of rotatable bonds is 2. The standard InChI is InChI=1S/C13H14BrCl2NO/c14-11-7-8(1-6-12(11)16)13(18)17-10-4-2-9(15)3-5-10/h1,6-7,9-10H,2-5H2,(H,17,18). The molecule has 0 aromatic heterocycles. The maximum absolute atomic E-state index is 12.0. The molecule has 0 aliphatic heterocycles. The van der Waals surface area contributed by atoms with E-state index in [2.05, 4.69) is 21.2 Å². The summed E-state index contributed by atoms with van der Waals surface area (Å²) in [6.45, 7) is 0. The van der Waals surface area contributed by atoms with Crippen LogP contribution in [0.2, 0.25) is 5.02 Å². The Balaban J connectivity index is 1.97. The van der Waals surface area contributed by atoms with E-state index < -0.39 is 0 Å². The van der Waals surface area contributed by atoms with Crippen LogP contribution in [0.1, 0.15) is 36.0 Å². The van der Waals surface area contributed by atoms with Crippen molar-refractivity contribution < 1.29 is 4.79 Å². The van der Waals surface area contributed by atoms with Gasteiger partial charge in [-0.15, -0.1) is 11.6 Å². The molecule has 0 unspecified atom stereocenters. The van der Waals surface area contributed by atoms with Crippen molar-refractivity contribution in [1.29, 1.82) is 0 Å². The maximum Gasteiger partial charge on any atom is 0.251 e. The van der Waals surface area contributed by atoms with Crippen LogP contribution in [0.15, 0.2) is 22.7 Å². The van der Waals surface area contributed by atoms with Gasteiger partial charge in [-0.25, -0.2) is 0 Å². The monoisotopic (exact) mass is 349 g/mol. The van der Waals surface area contributed by atoms with Gasteiger partial charge in [0.15, 0.2) is 0 Å². The molecule has 1 aromatic carbocycles. The van der Waals surface area contributed by atoms with Crippen molar-refractivity contribution in [2.24, 2.45) is 0 Å². The van der Waals surface area contributed by atoms with Crippen molar-refractivity contribution >= 4 is 45.0 Å². The first-order valence-corrected chi connectivity index (χ1v) is 7.57. The third kappa shape index (κ3) is 3.62. The Morgan fingerprint density at radius 3 is 2.56 bits per heavy atom. The summed E-state index contributed by atoms with van der Waals surface area (Å²) < 4.78 is 0.737. The predicted molar refractivity (Wildman–Crippen MR) is 78.5 cm³/mol. The average molecular weight is 351 g/mol. The van der Waals surface area contributed by atoms with Crippen molar-refractivity contribution in [3.63, 3.8) is 0 Å². The van der Waals surface area contributed by atoms with Crippen molar-refractivity contribution in [3.8, 4) is 0 Å². The quantitative estimate of drug-likeness (QED) is 0.788. The zero-order chi connectivity index (χ0) is 13.1. The fourth-order valence-electron chi connectivity index (χ4n) is 2.10. The summed E-state index contributed by atoms with van der Waals surface area (Å²) in [7, 11) is 0. The third-order valence-corrected chi connectivity index (χ3v) is 4.82. The molecule has 0 saturated heterocycles. The molecule has 1 fully saturated rings. The van der Waals surface area contributed by atoms with Crippen LogP contribution in [0.25, 0.3) is 0 Å². The Labute approximate surface area is 125 Å². The van der Waals surface area contributed by atoms with Crippen LogP contribution in [-0.4, -0.2) is 17.3 Å². The van der Waals surface area contributed by atoms with Gasteiger partial charge in [-0.2, -0.15) is 0 Å². The molecule has 5 heteroatoms. The minimum Gasteiger partial charge on any atom is -0.349 e. The second-order valence-electron chi connectivity index (χ2n) is 4.55. The van der Waals surface area contributed by atoms with E-state index in [0.717, 1.165) is 30.2 Å². The molecule has 1 amide bonds. The highest BCUT2D eigenvalue weighted by Gasteiger charge is 2.21. The summed E-state index contributed by atoms with van der Waals surface area (Å²) in [6.07, 6.45) is 3.84. The van der Waals surface area contributed by atoms with Gasteiger partial charge in [0.05, 0.1) is 5.02 Å². The summed E-state index contributed by atoms with van der Waals surface area (Å²) in [5, 5.41) is 3.91. The number of carbonyl (C=O) groups is 1. The summed E-state index contributed by atoms with van der Waals surface area (Å²) in [5.74, 6) is -0.0506. The molecule has 0 radical (unpaired) electrons. The Bertz CT molecular complexity index is 445. The smallest absolute Gasteiger partial charge is 0.251 e. The first-order chi connectivity index (χ1) is 8.56. The molecular weight excluding hydrogens is 337 g/mol. The topological polar surface area (TPSA) is 29.1 Å². The number of carbonyl (C=O) groups excluding carboxylic acids is 1. The number of hydrogen-bond donors (Lipinski definition) is 1. The van der Waals surface area contributed by atoms with Crippen molar-refractivity contribution in [2.45, 2.75) is 37.1 Å². The van der Waals surface area contributed by atoms with Gasteiger partial charge in [0.25, 0.3) is 5.91 Å². The summed E-state index contributed by atoms with van der Waals surface area (Å²) >= 11 is 15.3. The van der Waals surface area contributed by atoms with Gasteiger partial charge >= 0.3 is 0 Å². The van der Waals surface area contributed by atoms with Gasteiger partial charge in [-0.05, 0) is 59.8 Å². The summed E-state index contributed by atoms with van der Waals surface area (Å²) in [5.41, 5.74) is 0.624. The molecule has 2 nitrogen and oxygen atoms in total. The molecule has 0 heterocycles. The zero-order valence-electron chi connectivity index (χ0n) is 9.76. The number of nitrogens with one attached hydrogen (secondary N) is 1. The van der Waals surface area contributed by atoms with Crippen LogP contribution >= 0.6 is 39.1 Å². The SMILES string of the molecule is O=C(NC1CCC(Cl)CC1)c1ccc(Cl)c(Br)c1. The van der Waals surface area contributed by atoms with Crippen LogP contribution in [-0.2, 0) is 0 Å². The van der Waals surface area contributed by atoms with E-state index in [4.69, 9.17) is 23.2 Å². The lowest BCUT2D eigenvalue weighted by molar-refractivity contribution is 0.0928. The number of halogens is 3. The first kappa shape index (κ1) is 14.2. The molecule has 2 rings (SSSR count). The van der Waals surface area contributed by atoms with Crippen LogP contribution < -0.4 is 5.32 Å². The maximum atomic E-state index is 12.0. The van der Waals surface area contributed by atoms with Crippen LogP contribution in [0.4, 0.5) is 0 Å². The van der Waals surface area contributed by atoms with Crippen LogP contribution in [0, 0.1) is 0 Å². The van der Waals surface area contributed by atoms with Crippen molar-refractivity contribution in [3.05, 3.63) is 33.3 Å². The average Bonchev–Trinajstić information content (AvgIpc) is 2.35. The predicted octanol–water partition coefficient (Wildman–Crippen LogP) is 4.38. The normalized spacial score (nSPS) is 23.7. The van der Waals surface area contributed by atoms with Crippen molar-refractivity contribution in [2.75, 3.05) is 0 Å². The fraction of sp³-hybridized carbons (Fsp3) is 0.462. The number of alkyl halides is 1. The van der Waals surface area contributed by atoms with E-state index in [9.17, 15) is 4.79 Å². The molecule has 0 spiro atoms. The second-order valence-corrected chi connectivity index (χ2v) is 6.43. The van der Waals surface area contributed by atoms with Gasteiger partial charge < -0.3 is 5.32 Å². The lowest BCUT2D eigenvalue weighted by atomic mass is 9.95. The van der Waals surface area contributed by atoms with Gasteiger partial charge in [-0.3, -0.25) is 4.79 Å². The molecule has 98 valence electrons. The first-order valence-electron chi connectivity index (χ1n) is 5.96. The van der Waals surface area contributed by atoms with Crippen LogP contribution in [0.3, 0.4) is 0 Å². The molecule has 1 aliphatic rings. The fourth-order valence-corrected chi connectivity index (χ4v) is 2.85. The van der Waals surface area contributed by atoms with Crippen molar-refractivity contribution in [1.82, 2.24) is 5.32 Å². The van der Waals surface area contributed by atoms with Gasteiger partial charge in [0.1, 0.15) is 0 Å². The van der Waals surface area contributed by atoms with E-state index in [0.29, 0.717) is 10.6 Å². The number of hydrogen-bond acceptors (Lipinski definition) is 1. The molecular formula is C13H14BrCl2NO. The lowest BCUT2D eigenvalue weighted by Gasteiger charge is -2.25. The highest BCUT2D eigenvalue weighted by Crippen LogP contribution is 2.25. The Morgan fingerprint density at radius 1 is 1.28 bits per heavy atom. The highest BCUT2D eigenvalue weighted by molar-refractivity contribution is 9.10. The number of amides is 1.